The first kappa shape index (κ1) is 14.9. The highest BCUT2D eigenvalue weighted by Crippen LogP contribution is 2.35. The number of thiophene rings is 1. The Kier molecular flexibility index (Phi) is 3.74. The molecule has 3 nitrogen and oxygen atoms in total. The fourth-order valence-corrected chi connectivity index (χ4v) is 4.73. The number of hydrogen-bond acceptors (Lipinski definition) is 3. The zero-order valence-corrected chi connectivity index (χ0v) is 14.5. The molecule has 1 aromatic carbocycles. The van der Waals surface area contributed by atoms with Gasteiger partial charge in [0, 0.05) is 9.90 Å². The quantitative estimate of drug-likeness (QED) is 0.695. The van der Waals surface area contributed by atoms with Gasteiger partial charge in [0.1, 0.15) is 4.83 Å². The Balaban J connectivity index is 1.78. The van der Waals surface area contributed by atoms with Gasteiger partial charge in [-0.05, 0) is 48.4 Å². The van der Waals surface area contributed by atoms with Gasteiger partial charge in [0.05, 0.1) is 18.3 Å². The standard InChI is InChI=1S/C18H17ClN2OS/c1-11-2-7-14-15(8-11)23-17-16(14)18(22)21(10-20-17)9-12-3-5-13(19)6-4-12/h3-6,10-11H,2,7-9H2,1H3/t11-/m1/s1. The van der Waals surface area contributed by atoms with E-state index in [-0.39, 0.29) is 5.56 Å². The van der Waals surface area contributed by atoms with E-state index in [4.69, 9.17) is 11.6 Å². The second-order valence-electron chi connectivity index (χ2n) is 6.34. The first-order valence-corrected chi connectivity index (χ1v) is 9.05. The van der Waals surface area contributed by atoms with Gasteiger partial charge in [-0.2, -0.15) is 0 Å². The molecule has 1 aliphatic rings. The van der Waals surface area contributed by atoms with Crippen molar-refractivity contribution in [3.05, 3.63) is 62.0 Å². The van der Waals surface area contributed by atoms with Crippen LogP contribution < -0.4 is 5.56 Å². The molecule has 5 heteroatoms. The number of hydrogen-bond donors (Lipinski definition) is 0. The van der Waals surface area contributed by atoms with E-state index < -0.39 is 0 Å². The molecule has 0 amide bonds. The SMILES string of the molecule is C[C@@H]1CCc2c(sc3ncn(Cc4ccc(Cl)cc4)c(=O)c23)C1. The van der Waals surface area contributed by atoms with Crippen LogP contribution in [0.15, 0.2) is 35.4 Å². The maximum atomic E-state index is 12.9. The summed E-state index contributed by atoms with van der Waals surface area (Å²) in [7, 11) is 0. The molecule has 0 bridgehead atoms. The van der Waals surface area contributed by atoms with E-state index in [1.54, 1.807) is 22.2 Å². The maximum absolute atomic E-state index is 12.9. The van der Waals surface area contributed by atoms with Crippen LogP contribution in [0.1, 0.15) is 29.3 Å². The molecule has 0 N–H and O–H groups in total. The van der Waals surface area contributed by atoms with E-state index in [0.29, 0.717) is 17.5 Å². The Bertz CT molecular complexity index is 927. The highest BCUT2D eigenvalue weighted by atomic mass is 35.5. The number of aromatic nitrogens is 2. The second-order valence-corrected chi connectivity index (χ2v) is 7.86. The summed E-state index contributed by atoms with van der Waals surface area (Å²) in [6.07, 6.45) is 4.90. The molecule has 0 aliphatic heterocycles. The van der Waals surface area contributed by atoms with Gasteiger partial charge in [-0.25, -0.2) is 4.98 Å². The molecule has 0 saturated heterocycles. The van der Waals surface area contributed by atoms with Crippen LogP contribution in [-0.2, 0) is 19.4 Å². The predicted octanol–water partition coefficient (Wildman–Crippen LogP) is 4.28. The molecule has 1 atom stereocenters. The molecule has 0 unspecified atom stereocenters. The van der Waals surface area contributed by atoms with Gasteiger partial charge < -0.3 is 0 Å². The van der Waals surface area contributed by atoms with Gasteiger partial charge in [-0.1, -0.05) is 30.7 Å². The summed E-state index contributed by atoms with van der Waals surface area (Å²) in [6.45, 7) is 2.81. The van der Waals surface area contributed by atoms with Gasteiger partial charge in [0.25, 0.3) is 5.56 Å². The summed E-state index contributed by atoms with van der Waals surface area (Å²) in [4.78, 5) is 19.7. The molecule has 0 saturated carbocycles. The first-order chi connectivity index (χ1) is 11.1. The smallest absolute Gasteiger partial charge is 0.262 e. The summed E-state index contributed by atoms with van der Waals surface area (Å²) >= 11 is 7.61. The third-order valence-corrected chi connectivity index (χ3v) is 5.96. The summed E-state index contributed by atoms with van der Waals surface area (Å²) in [5.41, 5.74) is 2.37. The van der Waals surface area contributed by atoms with E-state index >= 15 is 0 Å². The molecular formula is C18H17ClN2OS. The zero-order valence-electron chi connectivity index (χ0n) is 12.9. The van der Waals surface area contributed by atoms with Crippen molar-refractivity contribution in [2.75, 3.05) is 0 Å². The number of fused-ring (bicyclic) bond motifs is 3. The Morgan fingerprint density at radius 3 is 2.91 bits per heavy atom. The lowest BCUT2D eigenvalue weighted by atomic mass is 9.89. The lowest BCUT2D eigenvalue weighted by Crippen LogP contribution is -2.22. The molecule has 1 aliphatic carbocycles. The Labute approximate surface area is 143 Å². The third-order valence-electron chi connectivity index (χ3n) is 4.55. The van der Waals surface area contributed by atoms with Crippen LogP contribution in [0.25, 0.3) is 10.2 Å². The number of aryl methyl sites for hydroxylation is 1. The maximum Gasteiger partial charge on any atom is 0.262 e. The third kappa shape index (κ3) is 2.70. The minimum absolute atomic E-state index is 0.0806. The van der Waals surface area contributed by atoms with Crippen LogP contribution >= 0.6 is 22.9 Å². The molecular weight excluding hydrogens is 328 g/mol. The lowest BCUT2D eigenvalue weighted by Gasteiger charge is -2.17. The summed E-state index contributed by atoms with van der Waals surface area (Å²) in [5.74, 6) is 0.701. The molecule has 3 aromatic rings. The monoisotopic (exact) mass is 344 g/mol. The first-order valence-electron chi connectivity index (χ1n) is 7.86. The van der Waals surface area contributed by atoms with Crippen molar-refractivity contribution in [1.29, 1.82) is 0 Å². The van der Waals surface area contributed by atoms with E-state index in [1.165, 1.54) is 10.4 Å². The highest BCUT2D eigenvalue weighted by Gasteiger charge is 2.23. The topological polar surface area (TPSA) is 34.9 Å². The minimum atomic E-state index is 0.0806. The van der Waals surface area contributed by atoms with Crippen LogP contribution in [0.4, 0.5) is 0 Å². The van der Waals surface area contributed by atoms with Crippen molar-refractivity contribution in [3.8, 4) is 0 Å². The number of nitrogens with zero attached hydrogens (tertiary/aromatic N) is 2. The lowest BCUT2D eigenvalue weighted by molar-refractivity contribution is 0.509. The fraction of sp³-hybridized carbons (Fsp3) is 0.333. The van der Waals surface area contributed by atoms with Crippen molar-refractivity contribution in [2.45, 2.75) is 32.7 Å². The average Bonchev–Trinajstić information content (AvgIpc) is 2.90. The molecule has 0 spiro atoms. The minimum Gasteiger partial charge on any atom is -0.294 e. The van der Waals surface area contributed by atoms with Crippen molar-refractivity contribution >= 4 is 33.2 Å². The number of rotatable bonds is 2. The molecule has 0 fully saturated rings. The van der Waals surface area contributed by atoms with Crippen molar-refractivity contribution in [3.63, 3.8) is 0 Å². The summed E-state index contributed by atoms with van der Waals surface area (Å²) in [5, 5.41) is 1.55. The summed E-state index contributed by atoms with van der Waals surface area (Å²) < 4.78 is 1.70. The van der Waals surface area contributed by atoms with Crippen LogP contribution in [-0.4, -0.2) is 9.55 Å². The Morgan fingerprint density at radius 2 is 2.13 bits per heavy atom. The predicted molar refractivity (Wildman–Crippen MR) is 95.6 cm³/mol. The van der Waals surface area contributed by atoms with Crippen molar-refractivity contribution in [1.82, 2.24) is 9.55 Å². The molecule has 2 aromatic heterocycles. The van der Waals surface area contributed by atoms with E-state index in [0.717, 1.165) is 35.0 Å². The van der Waals surface area contributed by atoms with Crippen LogP contribution in [0.5, 0.6) is 0 Å². The van der Waals surface area contributed by atoms with Crippen LogP contribution in [0.3, 0.4) is 0 Å². The largest absolute Gasteiger partial charge is 0.294 e. The summed E-state index contributed by atoms with van der Waals surface area (Å²) in [6, 6.07) is 7.59. The molecule has 23 heavy (non-hydrogen) atoms. The van der Waals surface area contributed by atoms with Crippen LogP contribution in [0, 0.1) is 5.92 Å². The van der Waals surface area contributed by atoms with E-state index in [2.05, 4.69) is 11.9 Å². The van der Waals surface area contributed by atoms with E-state index in [1.807, 2.05) is 24.3 Å². The normalized spacial score (nSPS) is 17.4. The fourth-order valence-electron chi connectivity index (χ4n) is 3.27. The number of halogens is 1. The zero-order chi connectivity index (χ0) is 16.0. The van der Waals surface area contributed by atoms with Gasteiger partial charge >= 0.3 is 0 Å². The highest BCUT2D eigenvalue weighted by molar-refractivity contribution is 7.18. The second kappa shape index (κ2) is 5.77. The van der Waals surface area contributed by atoms with Crippen molar-refractivity contribution in [2.24, 2.45) is 5.92 Å². The van der Waals surface area contributed by atoms with E-state index in [9.17, 15) is 4.79 Å². The Morgan fingerprint density at radius 1 is 1.35 bits per heavy atom. The molecule has 118 valence electrons. The Hall–Kier alpha value is -1.65. The van der Waals surface area contributed by atoms with Gasteiger partial charge in [0.2, 0.25) is 0 Å². The molecule has 0 radical (unpaired) electrons. The van der Waals surface area contributed by atoms with Gasteiger partial charge in [-0.15, -0.1) is 11.3 Å². The van der Waals surface area contributed by atoms with Gasteiger partial charge in [0.15, 0.2) is 0 Å². The van der Waals surface area contributed by atoms with Crippen molar-refractivity contribution < 1.29 is 0 Å². The average molecular weight is 345 g/mol. The molecule has 2 heterocycles. The van der Waals surface area contributed by atoms with Crippen LogP contribution in [0.2, 0.25) is 5.02 Å². The number of benzene rings is 1. The molecule has 4 rings (SSSR count). The van der Waals surface area contributed by atoms with Gasteiger partial charge in [-0.3, -0.25) is 9.36 Å².